The van der Waals surface area contributed by atoms with Gasteiger partial charge in [-0.15, -0.1) is 6.58 Å². The van der Waals surface area contributed by atoms with Crippen LogP contribution in [0.1, 0.15) is 52.0 Å². The lowest BCUT2D eigenvalue weighted by Gasteiger charge is -2.48. The fraction of sp³-hybridized carbons (Fsp3) is 0.556. The zero-order chi connectivity index (χ0) is 14.1. The van der Waals surface area contributed by atoms with Gasteiger partial charge in [0.15, 0.2) is 0 Å². The lowest BCUT2D eigenvalue weighted by molar-refractivity contribution is 0.0963. The third-order valence-corrected chi connectivity index (χ3v) is 4.44. The van der Waals surface area contributed by atoms with Crippen LogP contribution in [0.4, 0.5) is 0 Å². The van der Waals surface area contributed by atoms with E-state index < -0.39 is 0 Å². The SMILES string of the molecule is C=CC(c1ccccc1)C1CCC(C)(C)[N]C1(C)C. The summed E-state index contributed by atoms with van der Waals surface area (Å²) in [6, 6.07) is 10.7. The molecular formula is C18H26N. The molecule has 0 saturated carbocycles. The van der Waals surface area contributed by atoms with Crippen LogP contribution in [-0.2, 0) is 0 Å². The van der Waals surface area contributed by atoms with Crippen LogP contribution in [-0.4, -0.2) is 11.1 Å². The van der Waals surface area contributed by atoms with Gasteiger partial charge in [-0.1, -0.05) is 36.4 Å². The van der Waals surface area contributed by atoms with Crippen LogP contribution in [0.3, 0.4) is 0 Å². The molecule has 1 aliphatic rings. The van der Waals surface area contributed by atoms with E-state index >= 15 is 0 Å². The van der Waals surface area contributed by atoms with Gasteiger partial charge in [0.2, 0.25) is 0 Å². The van der Waals surface area contributed by atoms with Gasteiger partial charge in [0.25, 0.3) is 0 Å². The molecule has 0 aliphatic carbocycles. The Kier molecular flexibility index (Phi) is 3.87. The van der Waals surface area contributed by atoms with Gasteiger partial charge in [-0.05, 0) is 52.0 Å². The van der Waals surface area contributed by atoms with Crippen molar-refractivity contribution in [2.24, 2.45) is 5.92 Å². The predicted molar refractivity (Wildman–Crippen MR) is 82.4 cm³/mol. The lowest BCUT2D eigenvalue weighted by Crippen LogP contribution is -2.56. The molecule has 2 rings (SSSR count). The van der Waals surface area contributed by atoms with Gasteiger partial charge < -0.3 is 0 Å². The number of benzene rings is 1. The first-order valence-corrected chi connectivity index (χ1v) is 7.27. The van der Waals surface area contributed by atoms with E-state index in [1.807, 2.05) is 0 Å². The van der Waals surface area contributed by atoms with Crippen molar-refractivity contribution in [3.05, 3.63) is 48.6 Å². The smallest absolute Gasteiger partial charge is 0.0343 e. The van der Waals surface area contributed by atoms with Crippen LogP contribution >= 0.6 is 0 Å². The minimum Gasteiger partial charge on any atom is -0.229 e. The summed E-state index contributed by atoms with van der Waals surface area (Å²) in [6.45, 7) is 13.1. The van der Waals surface area contributed by atoms with Crippen molar-refractivity contribution in [3.63, 3.8) is 0 Å². The maximum atomic E-state index is 5.07. The Labute approximate surface area is 118 Å². The summed E-state index contributed by atoms with van der Waals surface area (Å²) >= 11 is 0. The highest BCUT2D eigenvalue weighted by Crippen LogP contribution is 2.43. The van der Waals surface area contributed by atoms with Crippen LogP contribution in [0.5, 0.6) is 0 Å². The van der Waals surface area contributed by atoms with Crippen molar-refractivity contribution in [2.45, 2.75) is 57.5 Å². The van der Waals surface area contributed by atoms with Gasteiger partial charge in [0.1, 0.15) is 0 Å². The van der Waals surface area contributed by atoms with Gasteiger partial charge >= 0.3 is 0 Å². The van der Waals surface area contributed by atoms with Crippen molar-refractivity contribution in [1.82, 2.24) is 5.32 Å². The van der Waals surface area contributed by atoms with E-state index in [0.717, 1.165) is 6.42 Å². The van der Waals surface area contributed by atoms with Gasteiger partial charge in [-0.3, -0.25) is 0 Å². The van der Waals surface area contributed by atoms with Crippen LogP contribution in [0.2, 0.25) is 0 Å². The summed E-state index contributed by atoms with van der Waals surface area (Å²) in [7, 11) is 0. The van der Waals surface area contributed by atoms with Gasteiger partial charge in [0.05, 0.1) is 0 Å². The van der Waals surface area contributed by atoms with Gasteiger partial charge in [-0.25, -0.2) is 5.32 Å². The van der Waals surface area contributed by atoms with Crippen molar-refractivity contribution >= 4 is 0 Å². The summed E-state index contributed by atoms with van der Waals surface area (Å²) in [5.41, 5.74) is 1.49. The first-order chi connectivity index (χ1) is 8.86. The Morgan fingerprint density at radius 2 is 1.84 bits per heavy atom. The molecule has 1 heterocycles. The van der Waals surface area contributed by atoms with Gasteiger partial charge in [-0.2, -0.15) is 0 Å². The summed E-state index contributed by atoms with van der Waals surface area (Å²) in [4.78, 5) is 0. The molecule has 0 aromatic heterocycles. The molecule has 103 valence electrons. The molecule has 1 saturated heterocycles. The Bertz CT molecular complexity index is 430. The number of nitrogens with zero attached hydrogens (tertiary/aromatic N) is 1. The van der Waals surface area contributed by atoms with Crippen LogP contribution in [0, 0.1) is 5.92 Å². The minimum atomic E-state index is 0.0104. The molecule has 0 amide bonds. The maximum absolute atomic E-state index is 5.07. The fourth-order valence-electron chi connectivity index (χ4n) is 3.61. The molecular weight excluding hydrogens is 230 g/mol. The van der Waals surface area contributed by atoms with E-state index in [1.165, 1.54) is 12.0 Å². The first-order valence-electron chi connectivity index (χ1n) is 7.27. The number of hydrogen-bond donors (Lipinski definition) is 0. The fourth-order valence-corrected chi connectivity index (χ4v) is 3.61. The second-order valence-corrected chi connectivity index (χ2v) is 6.90. The third-order valence-electron chi connectivity index (χ3n) is 4.44. The van der Waals surface area contributed by atoms with E-state index in [1.54, 1.807) is 0 Å². The van der Waals surface area contributed by atoms with Crippen LogP contribution in [0.25, 0.3) is 0 Å². The number of allylic oxidation sites excluding steroid dienone is 1. The van der Waals surface area contributed by atoms with E-state index in [9.17, 15) is 0 Å². The van der Waals surface area contributed by atoms with Gasteiger partial charge in [0, 0.05) is 17.0 Å². The zero-order valence-corrected chi connectivity index (χ0v) is 12.7. The highest BCUT2D eigenvalue weighted by atomic mass is 15.1. The molecule has 0 spiro atoms. The number of piperidine rings is 1. The molecule has 1 fully saturated rings. The van der Waals surface area contributed by atoms with Crippen molar-refractivity contribution in [3.8, 4) is 0 Å². The zero-order valence-electron chi connectivity index (χ0n) is 12.7. The van der Waals surface area contributed by atoms with E-state index in [4.69, 9.17) is 5.32 Å². The Balaban J connectivity index is 2.27. The topological polar surface area (TPSA) is 14.1 Å². The average Bonchev–Trinajstić information content (AvgIpc) is 2.32. The predicted octanol–water partition coefficient (Wildman–Crippen LogP) is 4.53. The van der Waals surface area contributed by atoms with E-state index in [2.05, 4.69) is 70.7 Å². The molecule has 2 atom stereocenters. The Morgan fingerprint density at radius 1 is 1.21 bits per heavy atom. The quantitative estimate of drug-likeness (QED) is 0.706. The average molecular weight is 256 g/mol. The molecule has 0 N–H and O–H groups in total. The highest BCUT2D eigenvalue weighted by molar-refractivity contribution is 5.26. The molecule has 1 heteroatoms. The number of hydrogen-bond acceptors (Lipinski definition) is 0. The molecule has 1 aliphatic heterocycles. The molecule has 1 aromatic rings. The summed E-state index contributed by atoms with van der Waals surface area (Å²) in [6.07, 6.45) is 4.49. The number of rotatable bonds is 3. The van der Waals surface area contributed by atoms with Crippen molar-refractivity contribution in [1.29, 1.82) is 0 Å². The molecule has 19 heavy (non-hydrogen) atoms. The first kappa shape index (κ1) is 14.3. The monoisotopic (exact) mass is 256 g/mol. The Hall–Kier alpha value is -1.08. The second kappa shape index (κ2) is 5.13. The van der Waals surface area contributed by atoms with E-state index in [-0.39, 0.29) is 11.1 Å². The molecule has 1 aromatic carbocycles. The molecule has 2 unspecified atom stereocenters. The van der Waals surface area contributed by atoms with Crippen molar-refractivity contribution < 1.29 is 0 Å². The Morgan fingerprint density at radius 3 is 2.37 bits per heavy atom. The highest BCUT2D eigenvalue weighted by Gasteiger charge is 2.43. The molecule has 1 radical (unpaired) electrons. The second-order valence-electron chi connectivity index (χ2n) is 6.90. The van der Waals surface area contributed by atoms with Crippen LogP contribution in [0.15, 0.2) is 43.0 Å². The lowest BCUT2D eigenvalue weighted by atomic mass is 9.67. The normalized spacial score (nSPS) is 26.6. The van der Waals surface area contributed by atoms with E-state index in [0.29, 0.717) is 11.8 Å². The largest absolute Gasteiger partial charge is 0.229 e. The van der Waals surface area contributed by atoms with Crippen LogP contribution < -0.4 is 5.32 Å². The standard InChI is InChI=1S/C18H26N/c1-6-15(14-10-8-7-9-11-14)16-12-13-17(2,3)19-18(16,4)5/h6-11,15-16H,1,12-13H2,2-5H3. The molecule has 1 nitrogen and oxygen atoms in total. The maximum Gasteiger partial charge on any atom is 0.0343 e. The third kappa shape index (κ3) is 3.09. The summed E-state index contributed by atoms with van der Waals surface area (Å²) in [5.74, 6) is 0.941. The minimum absolute atomic E-state index is 0.0104. The molecule has 0 bridgehead atoms. The van der Waals surface area contributed by atoms with Crippen molar-refractivity contribution in [2.75, 3.05) is 0 Å². The summed E-state index contributed by atoms with van der Waals surface area (Å²) in [5, 5.41) is 5.07. The summed E-state index contributed by atoms with van der Waals surface area (Å²) < 4.78 is 0.